The highest BCUT2D eigenvalue weighted by atomic mass is 16.5. The van der Waals surface area contributed by atoms with E-state index in [1.165, 1.54) is 0 Å². The normalized spacial score (nSPS) is 10.0. The van der Waals surface area contributed by atoms with Gasteiger partial charge in [0.1, 0.15) is 12.4 Å². The molecule has 1 heterocycles. The number of rotatable bonds is 6. The Morgan fingerprint density at radius 3 is 2.32 bits per heavy atom. The minimum absolute atomic E-state index is 0.185. The number of benzene rings is 1. The smallest absolute Gasteiger partial charge is 0.203 e. The predicted molar refractivity (Wildman–Crippen MR) is 68.0 cm³/mol. The number of para-hydroxylation sites is 1. The van der Waals surface area contributed by atoms with Crippen LogP contribution in [0.4, 0.5) is 0 Å². The van der Waals surface area contributed by atoms with E-state index in [-0.39, 0.29) is 12.4 Å². The van der Waals surface area contributed by atoms with E-state index in [4.69, 9.17) is 18.6 Å². The molecule has 2 rings (SSSR count). The number of hydrogen-bond donors (Lipinski definition) is 0. The highest BCUT2D eigenvalue weighted by Gasteiger charge is 2.12. The van der Waals surface area contributed by atoms with E-state index in [1.807, 2.05) is 6.07 Å². The maximum atomic E-state index is 10.5. The van der Waals surface area contributed by atoms with Crippen molar-refractivity contribution in [3.8, 4) is 17.2 Å². The minimum Gasteiger partial charge on any atom is -0.493 e. The SMILES string of the molecule is COc1cccc(OC)c1OCc1ccc(C=O)o1. The van der Waals surface area contributed by atoms with Gasteiger partial charge in [0.05, 0.1) is 14.2 Å². The van der Waals surface area contributed by atoms with Crippen molar-refractivity contribution in [3.05, 3.63) is 41.9 Å². The first-order valence-electron chi connectivity index (χ1n) is 5.66. The zero-order valence-electron chi connectivity index (χ0n) is 10.7. The molecule has 5 nitrogen and oxygen atoms in total. The van der Waals surface area contributed by atoms with Gasteiger partial charge in [0.2, 0.25) is 5.75 Å². The van der Waals surface area contributed by atoms with Gasteiger partial charge in [0, 0.05) is 0 Å². The molecule has 0 saturated heterocycles. The predicted octanol–water partition coefficient (Wildman–Crippen LogP) is 2.69. The summed E-state index contributed by atoms with van der Waals surface area (Å²) in [5.74, 6) is 2.46. The molecule has 1 aromatic heterocycles. The average Bonchev–Trinajstić information content (AvgIpc) is 2.92. The molecule has 0 bridgehead atoms. The Morgan fingerprint density at radius 1 is 1.11 bits per heavy atom. The van der Waals surface area contributed by atoms with Gasteiger partial charge in [-0.1, -0.05) is 6.07 Å². The van der Waals surface area contributed by atoms with Crippen LogP contribution in [0.3, 0.4) is 0 Å². The van der Waals surface area contributed by atoms with E-state index in [2.05, 4.69) is 0 Å². The summed E-state index contributed by atoms with van der Waals surface area (Å²) in [6.07, 6.45) is 0.646. The first-order chi connectivity index (χ1) is 9.28. The molecular formula is C14H14O5. The molecule has 19 heavy (non-hydrogen) atoms. The number of carbonyl (C=O) groups is 1. The number of furan rings is 1. The molecule has 0 aliphatic carbocycles. The fourth-order valence-corrected chi connectivity index (χ4v) is 1.64. The van der Waals surface area contributed by atoms with Gasteiger partial charge < -0.3 is 18.6 Å². The van der Waals surface area contributed by atoms with Crippen molar-refractivity contribution in [1.82, 2.24) is 0 Å². The van der Waals surface area contributed by atoms with Crippen LogP contribution in [0.5, 0.6) is 17.2 Å². The molecule has 1 aromatic carbocycles. The van der Waals surface area contributed by atoms with Crippen molar-refractivity contribution in [2.24, 2.45) is 0 Å². The molecule has 2 aromatic rings. The van der Waals surface area contributed by atoms with Crippen molar-refractivity contribution in [1.29, 1.82) is 0 Å². The summed E-state index contributed by atoms with van der Waals surface area (Å²) in [4.78, 5) is 10.5. The van der Waals surface area contributed by atoms with Crippen LogP contribution >= 0.6 is 0 Å². The summed E-state index contributed by atoms with van der Waals surface area (Å²) >= 11 is 0. The lowest BCUT2D eigenvalue weighted by Crippen LogP contribution is -1.99. The van der Waals surface area contributed by atoms with Crippen LogP contribution in [0.15, 0.2) is 34.7 Å². The van der Waals surface area contributed by atoms with Crippen LogP contribution < -0.4 is 14.2 Å². The van der Waals surface area contributed by atoms with Crippen molar-refractivity contribution in [2.75, 3.05) is 14.2 Å². The maximum Gasteiger partial charge on any atom is 0.203 e. The lowest BCUT2D eigenvalue weighted by atomic mass is 10.3. The monoisotopic (exact) mass is 262 g/mol. The Morgan fingerprint density at radius 2 is 1.79 bits per heavy atom. The highest BCUT2D eigenvalue weighted by Crippen LogP contribution is 2.37. The van der Waals surface area contributed by atoms with Crippen molar-refractivity contribution in [3.63, 3.8) is 0 Å². The number of methoxy groups -OCH3 is 2. The molecule has 0 aliphatic rings. The first-order valence-corrected chi connectivity index (χ1v) is 5.66. The molecule has 0 spiro atoms. The molecule has 0 unspecified atom stereocenters. The molecule has 0 saturated carbocycles. The van der Waals surface area contributed by atoms with Gasteiger partial charge in [-0.3, -0.25) is 4.79 Å². The summed E-state index contributed by atoms with van der Waals surface area (Å²) < 4.78 is 21.3. The van der Waals surface area contributed by atoms with Gasteiger partial charge >= 0.3 is 0 Å². The van der Waals surface area contributed by atoms with E-state index >= 15 is 0 Å². The fourth-order valence-electron chi connectivity index (χ4n) is 1.64. The molecule has 0 aliphatic heterocycles. The van der Waals surface area contributed by atoms with E-state index in [1.54, 1.807) is 38.5 Å². The Hall–Kier alpha value is -2.43. The molecule has 0 fully saturated rings. The van der Waals surface area contributed by atoms with Crippen molar-refractivity contribution in [2.45, 2.75) is 6.61 Å². The van der Waals surface area contributed by atoms with Gasteiger partial charge in [-0.05, 0) is 24.3 Å². The van der Waals surface area contributed by atoms with Gasteiger partial charge in [0.15, 0.2) is 23.5 Å². The second-order valence-electron chi connectivity index (χ2n) is 3.70. The van der Waals surface area contributed by atoms with Crippen molar-refractivity contribution >= 4 is 6.29 Å². The largest absolute Gasteiger partial charge is 0.493 e. The zero-order valence-corrected chi connectivity index (χ0v) is 10.7. The molecule has 100 valence electrons. The van der Waals surface area contributed by atoms with Crippen LogP contribution in [0.1, 0.15) is 16.3 Å². The summed E-state index contributed by atoms with van der Waals surface area (Å²) in [6, 6.07) is 8.63. The second kappa shape index (κ2) is 5.95. The van der Waals surface area contributed by atoms with Crippen LogP contribution in [0, 0.1) is 0 Å². The molecule has 5 heteroatoms. The molecular weight excluding hydrogens is 248 g/mol. The average molecular weight is 262 g/mol. The first kappa shape index (κ1) is 13.0. The summed E-state index contributed by atoms with van der Waals surface area (Å²) in [6.45, 7) is 0.185. The molecule has 0 atom stereocenters. The second-order valence-corrected chi connectivity index (χ2v) is 3.70. The van der Waals surface area contributed by atoms with Crippen LogP contribution in [-0.4, -0.2) is 20.5 Å². The standard InChI is InChI=1S/C14H14O5/c1-16-12-4-3-5-13(17-2)14(12)18-9-11-7-6-10(8-15)19-11/h3-8H,9H2,1-2H3. The van der Waals surface area contributed by atoms with Crippen LogP contribution in [0.25, 0.3) is 0 Å². The number of ether oxygens (including phenoxy) is 3. The maximum absolute atomic E-state index is 10.5. The van der Waals surface area contributed by atoms with Gasteiger partial charge in [0.25, 0.3) is 0 Å². The van der Waals surface area contributed by atoms with Crippen LogP contribution in [0.2, 0.25) is 0 Å². The Kier molecular flexibility index (Phi) is 4.07. The Bertz CT molecular complexity index is 536. The van der Waals surface area contributed by atoms with Gasteiger partial charge in [-0.2, -0.15) is 0 Å². The zero-order chi connectivity index (χ0) is 13.7. The summed E-state index contributed by atoms with van der Waals surface area (Å²) in [5.41, 5.74) is 0. The van der Waals surface area contributed by atoms with E-state index in [0.29, 0.717) is 29.3 Å². The lowest BCUT2D eigenvalue weighted by molar-refractivity contribution is 0.109. The third kappa shape index (κ3) is 2.88. The quantitative estimate of drug-likeness (QED) is 0.749. The molecule has 0 radical (unpaired) electrons. The fraction of sp³-hybridized carbons (Fsp3) is 0.214. The molecule has 0 N–H and O–H groups in total. The Balaban J connectivity index is 2.16. The van der Waals surface area contributed by atoms with Gasteiger partial charge in [-0.15, -0.1) is 0 Å². The van der Waals surface area contributed by atoms with E-state index in [9.17, 15) is 4.79 Å². The number of hydrogen-bond acceptors (Lipinski definition) is 5. The van der Waals surface area contributed by atoms with Crippen LogP contribution in [-0.2, 0) is 6.61 Å². The topological polar surface area (TPSA) is 57.9 Å². The highest BCUT2D eigenvalue weighted by molar-refractivity contribution is 5.70. The number of carbonyl (C=O) groups excluding carboxylic acids is 1. The minimum atomic E-state index is 0.185. The number of aldehydes is 1. The van der Waals surface area contributed by atoms with Gasteiger partial charge in [-0.25, -0.2) is 0 Å². The third-order valence-electron chi connectivity index (χ3n) is 2.54. The van der Waals surface area contributed by atoms with E-state index < -0.39 is 0 Å². The Labute approximate surface area is 110 Å². The van der Waals surface area contributed by atoms with Crippen molar-refractivity contribution < 1.29 is 23.4 Å². The van der Waals surface area contributed by atoms with E-state index in [0.717, 1.165) is 0 Å². The lowest BCUT2D eigenvalue weighted by Gasteiger charge is -2.13. The third-order valence-corrected chi connectivity index (χ3v) is 2.54. The summed E-state index contributed by atoms with van der Waals surface area (Å²) in [7, 11) is 3.11. The summed E-state index contributed by atoms with van der Waals surface area (Å²) in [5, 5.41) is 0. The molecule has 0 amide bonds.